The Morgan fingerprint density at radius 2 is 1.83 bits per heavy atom. The van der Waals surface area contributed by atoms with Crippen LogP contribution in [-0.2, 0) is 33.9 Å². The molecule has 0 bridgehead atoms. The third-order valence-electron chi connectivity index (χ3n) is 6.50. The molecule has 12 heteroatoms. The van der Waals surface area contributed by atoms with E-state index in [4.69, 9.17) is 11.6 Å². The number of nitrogens with zero attached hydrogens (tertiary/aromatic N) is 2. The highest BCUT2D eigenvalue weighted by Crippen LogP contribution is 2.24. The van der Waals surface area contributed by atoms with Gasteiger partial charge in [0.1, 0.15) is 12.0 Å². The van der Waals surface area contributed by atoms with Crippen molar-refractivity contribution >= 4 is 56.0 Å². The zero-order valence-electron chi connectivity index (χ0n) is 19.6. The van der Waals surface area contributed by atoms with E-state index in [-0.39, 0.29) is 36.7 Å². The largest absolute Gasteiger partial charge is 0.468 e. The molecule has 2 aliphatic rings. The highest BCUT2D eigenvalue weighted by atomic mass is 35.5. The summed E-state index contributed by atoms with van der Waals surface area (Å²) in [5.74, 6) is -2.93. The molecule has 0 spiro atoms. The van der Waals surface area contributed by atoms with Crippen molar-refractivity contribution in [1.82, 2.24) is 14.5 Å². The smallest absolute Gasteiger partial charge is 0.318 e. The minimum absolute atomic E-state index is 0.0187. The van der Waals surface area contributed by atoms with Gasteiger partial charge in [0.25, 0.3) is 0 Å². The van der Waals surface area contributed by atoms with E-state index in [1.165, 1.54) is 29.0 Å². The number of methoxy groups -OCH3 is 1. The Labute approximate surface area is 213 Å². The number of ketones is 1. The summed E-state index contributed by atoms with van der Waals surface area (Å²) in [4.78, 5) is 52.5. The summed E-state index contributed by atoms with van der Waals surface area (Å²) in [5, 5.41) is 2.01. The summed E-state index contributed by atoms with van der Waals surface area (Å²) in [6.45, 7) is 0.0780. The van der Waals surface area contributed by atoms with Crippen LogP contribution in [0.2, 0.25) is 5.02 Å². The lowest BCUT2D eigenvalue weighted by Gasteiger charge is -2.35. The van der Waals surface area contributed by atoms with Crippen molar-refractivity contribution in [2.75, 3.05) is 33.3 Å². The molecular formula is C24H26ClN3O7S. The Hall–Kier alpha value is -3.02. The molecule has 4 rings (SSSR count). The number of hydrogen-bond acceptors (Lipinski definition) is 7. The van der Waals surface area contributed by atoms with E-state index >= 15 is 0 Å². The van der Waals surface area contributed by atoms with Crippen LogP contribution in [0.15, 0.2) is 41.3 Å². The number of likely N-dealkylation sites (tertiary alicyclic amines) is 2. The number of amides is 2. The molecule has 2 aliphatic heterocycles. The van der Waals surface area contributed by atoms with Gasteiger partial charge in [-0.3, -0.25) is 19.2 Å². The summed E-state index contributed by atoms with van der Waals surface area (Å²) in [6.07, 6.45) is 0.833. The fourth-order valence-electron chi connectivity index (χ4n) is 4.49. The van der Waals surface area contributed by atoms with Crippen molar-refractivity contribution in [3.05, 3.63) is 41.4 Å². The number of Topliss-reactive ketones (excluding diaryl/α,β-unsaturated/α-hetero) is 1. The molecule has 2 heterocycles. The van der Waals surface area contributed by atoms with Crippen molar-refractivity contribution < 1.29 is 32.3 Å². The van der Waals surface area contributed by atoms with E-state index in [1.807, 2.05) is 0 Å². The van der Waals surface area contributed by atoms with Crippen LogP contribution < -0.4 is 4.72 Å². The van der Waals surface area contributed by atoms with Crippen LogP contribution >= 0.6 is 11.6 Å². The van der Waals surface area contributed by atoms with Gasteiger partial charge in [0.05, 0.1) is 18.6 Å². The Bertz CT molecular complexity index is 1320. The quantitative estimate of drug-likeness (QED) is 0.436. The summed E-state index contributed by atoms with van der Waals surface area (Å²) in [7, 11) is -2.83. The average Bonchev–Trinajstić information content (AvgIpc) is 2.85. The van der Waals surface area contributed by atoms with Gasteiger partial charge in [-0.2, -0.15) is 4.72 Å². The second kappa shape index (κ2) is 10.5. The SMILES string of the molecule is COC(=O)C1CN(C(=O)CN2CCCC(NS(=O)(=O)c3ccc4cc(Cl)ccc4c3)C2=O)CCC1=O. The van der Waals surface area contributed by atoms with Gasteiger partial charge in [-0.15, -0.1) is 0 Å². The van der Waals surface area contributed by atoms with Gasteiger partial charge in [0.2, 0.25) is 21.8 Å². The molecule has 2 fully saturated rings. The van der Waals surface area contributed by atoms with Gasteiger partial charge in [-0.05, 0) is 47.9 Å². The van der Waals surface area contributed by atoms with Crippen molar-refractivity contribution in [3.8, 4) is 0 Å². The topological polar surface area (TPSA) is 130 Å². The van der Waals surface area contributed by atoms with E-state index in [0.717, 1.165) is 5.39 Å². The number of hydrogen-bond donors (Lipinski definition) is 1. The number of fused-ring (bicyclic) bond motifs is 1. The number of benzene rings is 2. The molecular weight excluding hydrogens is 510 g/mol. The molecule has 2 amide bonds. The number of rotatable bonds is 6. The van der Waals surface area contributed by atoms with Crippen LogP contribution in [-0.4, -0.2) is 81.1 Å². The van der Waals surface area contributed by atoms with Gasteiger partial charge < -0.3 is 14.5 Å². The highest BCUT2D eigenvalue weighted by molar-refractivity contribution is 7.89. The third kappa shape index (κ3) is 5.53. The minimum Gasteiger partial charge on any atom is -0.468 e. The van der Waals surface area contributed by atoms with Crippen LogP contribution in [0.5, 0.6) is 0 Å². The van der Waals surface area contributed by atoms with E-state index in [1.54, 1.807) is 24.3 Å². The van der Waals surface area contributed by atoms with Crippen LogP contribution in [0.25, 0.3) is 10.8 Å². The lowest BCUT2D eigenvalue weighted by Crippen LogP contribution is -2.56. The summed E-state index contributed by atoms with van der Waals surface area (Å²) in [6, 6.07) is 8.71. The average molecular weight is 536 g/mol. The first kappa shape index (κ1) is 26.1. The van der Waals surface area contributed by atoms with Crippen molar-refractivity contribution in [3.63, 3.8) is 0 Å². The maximum atomic E-state index is 13.1. The maximum absolute atomic E-state index is 13.1. The number of carbonyl (C=O) groups is 4. The van der Waals surface area contributed by atoms with Crippen LogP contribution in [0.1, 0.15) is 19.3 Å². The molecule has 2 aromatic rings. The fourth-order valence-corrected chi connectivity index (χ4v) is 5.93. The highest BCUT2D eigenvalue weighted by Gasteiger charge is 2.38. The second-order valence-electron chi connectivity index (χ2n) is 8.86. The second-order valence-corrected chi connectivity index (χ2v) is 11.0. The number of nitrogens with one attached hydrogen (secondary N) is 1. The molecule has 2 aromatic carbocycles. The van der Waals surface area contributed by atoms with Crippen LogP contribution in [0.3, 0.4) is 0 Å². The predicted octanol–water partition coefficient (Wildman–Crippen LogP) is 1.35. The number of esters is 1. The fraction of sp³-hybridized carbons (Fsp3) is 0.417. The number of ether oxygens (including phenoxy) is 1. The first-order valence-electron chi connectivity index (χ1n) is 11.5. The number of sulfonamides is 1. The van der Waals surface area contributed by atoms with E-state index < -0.39 is 39.8 Å². The first-order valence-corrected chi connectivity index (χ1v) is 13.3. The van der Waals surface area contributed by atoms with E-state index in [0.29, 0.717) is 29.8 Å². The number of halogens is 1. The van der Waals surface area contributed by atoms with Crippen molar-refractivity contribution in [2.45, 2.75) is 30.2 Å². The number of piperidine rings is 2. The molecule has 0 radical (unpaired) electrons. The molecule has 0 aliphatic carbocycles. The lowest BCUT2D eigenvalue weighted by atomic mass is 9.96. The maximum Gasteiger partial charge on any atom is 0.318 e. The van der Waals surface area contributed by atoms with E-state index in [9.17, 15) is 27.6 Å². The van der Waals surface area contributed by atoms with Gasteiger partial charge >= 0.3 is 5.97 Å². The third-order valence-corrected chi connectivity index (χ3v) is 8.20. The van der Waals surface area contributed by atoms with Crippen molar-refractivity contribution in [2.24, 2.45) is 5.92 Å². The van der Waals surface area contributed by atoms with Crippen LogP contribution in [0.4, 0.5) is 0 Å². The Morgan fingerprint density at radius 3 is 2.58 bits per heavy atom. The first-order chi connectivity index (χ1) is 17.1. The van der Waals surface area contributed by atoms with E-state index in [2.05, 4.69) is 9.46 Å². The minimum atomic E-state index is -4.01. The Balaban J connectivity index is 1.42. The zero-order chi connectivity index (χ0) is 26.0. The number of carbonyl (C=O) groups excluding carboxylic acids is 4. The molecule has 2 atom stereocenters. The Morgan fingerprint density at radius 1 is 1.11 bits per heavy atom. The molecule has 36 heavy (non-hydrogen) atoms. The normalized spacial score (nSPS) is 21.1. The molecule has 2 unspecified atom stereocenters. The summed E-state index contributed by atoms with van der Waals surface area (Å²) < 4.78 is 33.2. The van der Waals surface area contributed by atoms with Gasteiger partial charge in [-0.1, -0.05) is 23.7 Å². The standard InChI is InChI=1S/C24H26ClN3O7S/c1-35-24(32)19-13-27(10-8-21(19)29)22(30)14-28-9-2-3-20(23(28)31)26-36(33,34)18-7-5-15-11-17(25)6-4-16(15)12-18/h4-7,11-12,19-20,26H,2-3,8-10,13-14H2,1H3. The summed E-state index contributed by atoms with van der Waals surface area (Å²) >= 11 is 5.99. The molecule has 10 nitrogen and oxygen atoms in total. The Kier molecular flexibility index (Phi) is 7.62. The van der Waals surface area contributed by atoms with Gasteiger partial charge in [-0.25, -0.2) is 8.42 Å². The monoisotopic (exact) mass is 535 g/mol. The van der Waals surface area contributed by atoms with Gasteiger partial charge in [0.15, 0.2) is 5.78 Å². The molecule has 192 valence electrons. The summed E-state index contributed by atoms with van der Waals surface area (Å²) in [5.41, 5.74) is 0. The molecule has 2 saturated heterocycles. The predicted molar refractivity (Wildman–Crippen MR) is 131 cm³/mol. The molecule has 0 aromatic heterocycles. The molecule has 0 saturated carbocycles. The van der Waals surface area contributed by atoms with Crippen LogP contribution in [0, 0.1) is 5.92 Å². The van der Waals surface area contributed by atoms with Crippen molar-refractivity contribution in [1.29, 1.82) is 0 Å². The van der Waals surface area contributed by atoms with Gasteiger partial charge in [0, 0.05) is 31.1 Å². The lowest BCUT2D eigenvalue weighted by molar-refractivity contribution is -0.154. The zero-order valence-corrected chi connectivity index (χ0v) is 21.2. The molecule has 1 N–H and O–H groups in total.